The Bertz CT molecular complexity index is 557. The van der Waals surface area contributed by atoms with Gasteiger partial charge in [-0.1, -0.05) is 13.0 Å². The van der Waals surface area contributed by atoms with E-state index in [0.29, 0.717) is 12.1 Å². The molecule has 0 spiro atoms. The number of nitrogens with one attached hydrogen (secondary N) is 2. The van der Waals surface area contributed by atoms with Gasteiger partial charge in [-0.15, -0.1) is 0 Å². The molecular formula is C15H18N4O. The van der Waals surface area contributed by atoms with Gasteiger partial charge in [-0.25, -0.2) is 0 Å². The number of hydrogen-bond donors (Lipinski definition) is 2. The molecule has 0 fully saturated rings. The maximum atomic E-state index is 12.2. The van der Waals surface area contributed by atoms with Gasteiger partial charge in [-0.2, -0.15) is 0 Å². The van der Waals surface area contributed by atoms with Crippen molar-refractivity contribution in [2.45, 2.75) is 19.9 Å². The molecule has 0 unspecified atom stereocenters. The number of amides is 1. The minimum atomic E-state index is -0.138. The molecule has 20 heavy (non-hydrogen) atoms. The Morgan fingerprint density at radius 2 is 2.05 bits per heavy atom. The van der Waals surface area contributed by atoms with Crippen molar-refractivity contribution in [3.05, 3.63) is 54.1 Å². The summed E-state index contributed by atoms with van der Waals surface area (Å²) >= 11 is 0. The van der Waals surface area contributed by atoms with Gasteiger partial charge < -0.3 is 10.6 Å². The van der Waals surface area contributed by atoms with Crippen molar-refractivity contribution in [3.8, 4) is 0 Å². The highest BCUT2D eigenvalue weighted by Crippen LogP contribution is 2.13. The van der Waals surface area contributed by atoms with Crippen LogP contribution in [0, 0.1) is 0 Å². The monoisotopic (exact) mass is 270 g/mol. The lowest BCUT2D eigenvalue weighted by atomic mass is 10.2. The van der Waals surface area contributed by atoms with Crippen molar-refractivity contribution in [1.82, 2.24) is 15.3 Å². The molecule has 0 saturated heterocycles. The molecule has 0 aromatic carbocycles. The molecule has 5 nitrogen and oxygen atoms in total. The van der Waals surface area contributed by atoms with E-state index in [1.54, 1.807) is 24.8 Å². The predicted molar refractivity (Wildman–Crippen MR) is 78.4 cm³/mol. The van der Waals surface area contributed by atoms with Gasteiger partial charge in [0, 0.05) is 37.9 Å². The standard InChI is InChI=1S/C15H18N4O/c1-2-6-18-14-5-8-17-11-13(14)15(20)19-10-12-4-3-7-16-9-12/h3-5,7-9,11H,2,6,10H2,1H3,(H,17,18)(H,19,20). The Labute approximate surface area is 118 Å². The molecule has 0 radical (unpaired) electrons. The predicted octanol–water partition coefficient (Wildman–Crippen LogP) is 2.23. The fraction of sp³-hybridized carbons (Fsp3) is 0.267. The van der Waals surface area contributed by atoms with Crippen LogP contribution in [0.4, 0.5) is 5.69 Å². The zero-order valence-corrected chi connectivity index (χ0v) is 11.5. The van der Waals surface area contributed by atoms with Crippen LogP contribution in [-0.4, -0.2) is 22.4 Å². The summed E-state index contributed by atoms with van der Waals surface area (Å²) in [5, 5.41) is 6.10. The number of carbonyl (C=O) groups excluding carboxylic acids is 1. The Kier molecular flexibility index (Phi) is 5.06. The Hall–Kier alpha value is -2.43. The second-order valence-corrected chi connectivity index (χ2v) is 4.39. The van der Waals surface area contributed by atoms with Crippen LogP contribution in [0.2, 0.25) is 0 Å². The van der Waals surface area contributed by atoms with Crippen molar-refractivity contribution < 1.29 is 4.79 Å². The van der Waals surface area contributed by atoms with E-state index in [1.165, 1.54) is 0 Å². The summed E-state index contributed by atoms with van der Waals surface area (Å²) in [6.45, 7) is 3.36. The van der Waals surface area contributed by atoms with Gasteiger partial charge >= 0.3 is 0 Å². The van der Waals surface area contributed by atoms with Crippen LogP contribution in [0.1, 0.15) is 29.3 Å². The molecular weight excluding hydrogens is 252 g/mol. The lowest BCUT2D eigenvalue weighted by molar-refractivity contribution is 0.0951. The van der Waals surface area contributed by atoms with Gasteiger partial charge in [0.25, 0.3) is 5.91 Å². The average molecular weight is 270 g/mol. The number of aromatic nitrogens is 2. The lowest BCUT2D eigenvalue weighted by Crippen LogP contribution is -2.24. The van der Waals surface area contributed by atoms with Crippen LogP contribution in [0.15, 0.2) is 43.0 Å². The second kappa shape index (κ2) is 7.23. The average Bonchev–Trinajstić information content (AvgIpc) is 2.52. The van der Waals surface area contributed by atoms with Gasteiger partial charge in [0.05, 0.1) is 11.3 Å². The van der Waals surface area contributed by atoms with Crippen LogP contribution >= 0.6 is 0 Å². The summed E-state index contributed by atoms with van der Waals surface area (Å²) in [4.78, 5) is 20.2. The van der Waals surface area contributed by atoms with Crippen molar-refractivity contribution in [2.24, 2.45) is 0 Å². The molecule has 0 aliphatic heterocycles. The van der Waals surface area contributed by atoms with Crippen LogP contribution in [0.3, 0.4) is 0 Å². The SMILES string of the molecule is CCCNc1ccncc1C(=O)NCc1cccnc1. The molecule has 0 aliphatic carbocycles. The number of anilines is 1. The van der Waals surface area contributed by atoms with Crippen LogP contribution in [0.25, 0.3) is 0 Å². The van der Waals surface area contributed by atoms with E-state index in [0.717, 1.165) is 24.2 Å². The van der Waals surface area contributed by atoms with E-state index >= 15 is 0 Å². The summed E-state index contributed by atoms with van der Waals surface area (Å²) in [5.41, 5.74) is 2.34. The molecule has 0 atom stereocenters. The molecule has 2 aromatic heterocycles. The highest BCUT2D eigenvalue weighted by Gasteiger charge is 2.10. The molecule has 2 rings (SSSR count). The first kappa shape index (κ1) is 14.0. The summed E-state index contributed by atoms with van der Waals surface area (Å²) in [6, 6.07) is 5.58. The molecule has 2 heterocycles. The van der Waals surface area contributed by atoms with Gasteiger partial charge in [0.15, 0.2) is 0 Å². The number of nitrogens with zero attached hydrogens (tertiary/aromatic N) is 2. The number of pyridine rings is 2. The van der Waals surface area contributed by atoms with Gasteiger partial charge in [0.1, 0.15) is 0 Å². The molecule has 5 heteroatoms. The topological polar surface area (TPSA) is 66.9 Å². The normalized spacial score (nSPS) is 10.1. The highest BCUT2D eigenvalue weighted by atomic mass is 16.1. The van der Waals surface area contributed by atoms with E-state index < -0.39 is 0 Å². The van der Waals surface area contributed by atoms with Crippen molar-refractivity contribution in [1.29, 1.82) is 0 Å². The first-order chi connectivity index (χ1) is 9.81. The fourth-order valence-corrected chi connectivity index (χ4v) is 1.77. The van der Waals surface area contributed by atoms with Gasteiger partial charge in [-0.05, 0) is 24.1 Å². The van der Waals surface area contributed by atoms with E-state index in [9.17, 15) is 4.79 Å². The first-order valence-corrected chi connectivity index (χ1v) is 6.66. The number of hydrogen-bond acceptors (Lipinski definition) is 4. The summed E-state index contributed by atoms with van der Waals surface area (Å²) < 4.78 is 0. The van der Waals surface area contributed by atoms with Crippen LogP contribution in [-0.2, 0) is 6.54 Å². The zero-order valence-electron chi connectivity index (χ0n) is 11.5. The Morgan fingerprint density at radius 1 is 1.20 bits per heavy atom. The van der Waals surface area contributed by atoms with E-state index in [2.05, 4.69) is 27.5 Å². The smallest absolute Gasteiger partial charge is 0.255 e. The van der Waals surface area contributed by atoms with Crippen LogP contribution < -0.4 is 10.6 Å². The number of carbonyl (C=O) groups is 1. The maximum Gasteiger partial charge on any atom is 0.255 e. The van der Waals surface area contributed by atoms with Crippen LogP contribution in [0.5, 0.6) is 0 Å². The largest absolute Gasteiger partial charge is 0.384 e. The summed E-state index contributed by atoms with van der Waals surface area (Å²) in [7, 11) is 0. The highest BCUT2D eigenvalue weighted by molar-refractivity contribution is 5.99. The van der Waals surface area contributed by atoms with Crippen molar-refractivity contribution in [2.75, 3.05) is 11.9 Å². The summed E-state index contributed by atoms with van der Waals surface area (Å²) in [5.74, 6) is -0.138. The Balaban J connectivity index is 2.01. The zero-order chi connectivity index (χ0) is 14.2. The minimum Gasteiger partial charge on any atom is -0.384 e. The molecule has 1 amide bonds. The summed E-state index contributed by atoms with van der Waals surface area (Å²) in [6.07, 6.45) is 7.70. The van der Waals surface area contributed by atoms with E-state index in [-0.39, 0.29) is 5.91 Å². The fourth-order valence-electron chi connectivity index (χ4n) is 1.77. The molecule has 0 aliphatic rings. The molecule has 104 valence electrons. The molecule has 2 aromatic rings. The Morgan fingerprint density at radius 3 is 2.80 bits per heavy atom. The lowest BCUT2D eigenvalue weighted by Gasteiger charge is -2.11. The molecule has 0 saturated carbocycles. The third-order valence-corrected chi connectivity index (χ3v) is 2.81. The second-order valence-electron chi connectivity index (χ2n) is 4.39. The maximum absolute atomic E-state index is 12.2. The van der Waals surface area contributed by atoms with Crippen molar-refractivity contribution in [3.63, 3.8) is 0 Å². The number of rotatable bonds is 6. The van der Waals surface area contributed by atoms with E-state index in [4.69, 9.17) is 0 Å². The van der Waals surface area contributed by atoms with E-state index in [1.807, 2.05) is 18.2 Å². The van der Waals surface area contributed by atoms with Gasteiger partial charge in [-0.3, -0.25) is 14.8 Å². The first-order valence-electron chi connectivity index (χ1n) is 6.66. The minimum absolute atomic E-state index is 0.138. The van der Waals surface area contributed by atoms with Gasteiger partial charge in [0.2, 0.25) is 0 Å². The third kappa shape index (κ3) is 3.78. The third-order valence-electron chi connectivity index (χ3n) is 2.81. The van der Waals surface area contributed by atoms with Crippen molar-refractivity contribution >= 4 is 11.6 Å². The molecule has 0 bridgehead atoms. The molecule has 2 N–H and O–H groups in total. The quantitative estimate of drug-likeness (QED) is 0.844.